The topological polar surface area (TPSA) is 692 Å². The molecule has 1 aromatic carbocycles. The van der Waals surface area contributed by atoms with E-state index < -0.39 is 247 Å². The van der Waals surface area contributed by atoms with Crippen molar-refractivity contribution in [2.24, 2.45) is 0 Å². The third-order valence-corrected chi connectivity index (χ3v) is 14.9. The molecule has 99 heavy (non-hydrogen) atoms. The smallest absolute Gasteiger partial charge is 0.303 e. The number of aliphatic hydroxyl groups excluding tert-OH is 14. The maximum atomic E-state index is 13.9. The van der Waals surface area contributed by atoms with Gasteiger partial charge in [-0.15, -0.1) is 0 Å². The number of anilines is 2. The summed E-state index contributed by atoms with van der Waals surface area (Å²) in [5, 5.41) is 175. The fourth-order valence-corrected chi connectivity index (χ4v) is 9.37. The first kappa shape index (κ1) is 84.8. The molecule has 9 amide bonds. The van der Waals surface area contributed by atoms with Crippen molar-refractivity contribution in [1.29, 1.82) is 0 Å². The molecule has 0 radical (unpaired) electrons. The number of amides is 9. The summed E-state index contributed by atoms with van der Waals surface area (Å²) < 4.78 is 0. The van der Waals surface area contributed by atoms with Gasteiger partial charge in [-0.2, -0.15) is 17.6 Å². The van der Waals surface area contributed by atoms with Crippen LogP contribution in [0.25, 0.3) is 11.2 Å². The Hall–Kier alpha value is -8.47. The average molecular weight is 1430 g/mol. The van der Waals surface area contributed by atoms with E-state index in [0.717, 1.165) is 0 Å². The van der Waals surface area contributed by atoms with Crippen molar-refractivity contribution in [2.75, 3.05) is 69.4 Å². The van der Waals surface area contributed by atoms with Crippen molar-refractivity contribution in [3.63, 3.8) is 0 Å². The number of H-pyrrole nitrogens is 1. The molecule has 2 aromatic heterocycles. The number of aliphatic hydroxyl groups is 14. The fourth-order valence-electron chi connectivity index (χ4n) is 9.26. The van der Waals surface area contributed by atoms with Crippen LogP contribution in [0.4, 0.5) is 11.6 Å². The van der Waals surface area contributed by atoms with Crippen LogP contribution in [0.3, 0.4) is 0 Å². The molecular weight excluding hydrogens is 1340 g/mol. The van der Waals surface area contributed by atoms with Crippen LogP contribution < -0.4 is 64.5 Å². The molecular formula is C57H89N15O26S. The fraction of sp³-hybridized carbons (Fsp3) is 0.614. The summed E-state index contributed by atoms with van der Waals surface area (Å²) >= 11 is 3.98. The second-order valence-corrected chi connectivity index (χ2v) is 23.1. The van der Waals surface area contributed by atoms with Crippen LogP contribution in [0.1, 0.15) is 80.3 Å². The van der Waals surface area contributed by atoms with Gasteiger partial charge >= 0.3 is 5.97 Å². The molecule has 41 nitrogen and oxygen atoms in total. The normalized spacial score (nSPS) is 15.9. The summed E-state index contributed by atoms with van der Waals surface area (Å²) in [4.78, 5) is 158. The summed E-state index contributed by atoms with van der Waals surface area (Å²) in [6.07, 6.45) is -25.4. The highest BCUT2D eigenvalue weighted by molar-refractivity contribution is 7.80. The zero-order valence-electron chi connectivity index (χ0n) is 53.3. The molecule has 28 N–H and O–H groups in total. The Kier molecular flexibility index (Phi) is 37.5. The van der Waals surface area contributed by atoms with Gasteiger partial charge in [0.15, 0.2) is 11.2 Å². The van der Waals surface area contributed by atoms with E-state index >= 15 is 0 Å². The van der Waals surface area contributed by atoms with Crippen LogP contribution in [0.15, 0.2) is 35.3 Å². The minimum absolute atomic E-state index is 0.0165. The van der Waals surface area contributed by atoms with Crippen molar-refractivity contribution < 1.29 is 125 Å². The number of rotatable bonds is 47. The number of carboxylic acid groups (broad SMARTS) is 1. The monoisotopic (exact) mass is 1430 g/mol. The number of nitrogen functional groups attached to an aromatic ring is 1. The quantitative estimate of drug-likeness (QED) is 0.0184. The molecule has 2 heterocycles. The Morgan fingerprint density at radius 1 is 0.535 bits per heavy atom. The Balaban J connectivity index is 1.68. The van der Waals surface area contributed by atoms with Gasteiger partial charge in [0.1, 0.15) is 54.9 Å². The number of nitrogens with zero attached hydrogens (tertiary/aromatic N) is 3. The Labute approximate surface area is 568 Å². The second kappa shape index (κ2) is 43.8. The van der Waals surface area contributed by atoms with Gasteiger partial charge in [-0.3, -0.25) is 57.7 Å². The molecule has 0 aliphatic carbocycles. The summed E-state index contributed by atoms with van der Waals surface area (Å²) in [7, 11) is 0. The molecule has 42 heteroatoms. The second-order valence-electron chi connectivity index (χ2n) is 22.7. The van der Waals surface area contributed by atoms with Crippen molar-refractivity contribution in [2.45, 2.75) is 162 Å². The minimum Gasteiger partial charge on any atom is -0.481 e. The lowest BCUT2D eigenvalue weighted by molar-refractivity contribution is -0.138. The number of nitrogens with two attached hydrogens (primary N) is 1. The number of aromatic nitrogens is 4. The number of nitrogens with one attached hydrogen (secondary N) is 11. The van der Waals surface area contributed by atoms with Crippen molar-refractivity contribution in [3.05, 3.63) is 52.1 Å². The number of hydrogen-bond donors (Lipinski definition) is 28. The number of carboxylic acids is 1. The number of aliphatic carboxylic acids is 1. The summed E-state index contributed by atoms with van der Waals surface area (Å²) in [6, 6.07) is -2.28. The Bertz CT molecular complexity index is 3180. The molecule has 0 aliphatic heterocycles. The predicted molar refractivity (Wildman–Crippen MR) is 343 cm³/mol. The first-order valence-electron chi connectivity index (χ1n) is 30.8. The van der Waals surface area contributed by atoms with Gasteiger partial charge in [-0.25, -0.2) is 9.97 Å². The van der Waals surface area contributed by atoms with Gasteiger partial charge in [0, 0.05) is 80.7 Å². The minimum atomic E-state index is -2.35. The van der Waals surface area contributed by atoms with Crippen LogP contribution >= 0.6 is 12.6 Å². The molecule has 0 saturated heterocycles. The third-order valence-electron chi connectivity index (χ3n) is 14.7. The highest BCUT2D eigenvalue weighted by Crippen LogP contribution is 2.16. The third kappa shape index (κ3) is 30.7. The SMILES string of the molecule is Nc1nc2ncc(CNc3ccc(C(=O)NCCCC(=O)N[C@H](CC(=O)NCC(=O)N[C@H](CC(=O)N[C@@H](CCC(=O)O)C(=O)N[C@H](CC(=O)NCC(=O)N[C@H](CC(=O)NCCS)C[C@H](O)[C@H](O)CO)[C@@H](O)[C@H](O)[C@H](O)CO)C[C@H](O)[C@H](O)CO)[C@@H](O)[C@H](O)[C@H](O)CO)cc3)nc2c(=O)[nH]1. The number of hydrogen-bond acceptors (Lipinski definition) is 31. The molecule has 0 fully saturated rings. The highest BCUT2D eigenvalue weighted by Gasteiger charge is 2.37. The Morgan fingerprint density at radius 2 is 1.04 bits per heavy atom. The lowest BCUT2D eigenvalue weighted by atomic mass is 9.97. The largest absolute Gasteiger partial charge is 0.481 e. The first-order valence-corrected chi connectivity index (χ1v) is 31.4. The van der Waals surface area contributed by atoms with E-state index in [1.54, 1.807) is 12.1 Å². The first-order chi connectivity index (χ1) is 46.8. The van der Waals surface area contributed by atoms with Crippen LogP contribution in [0, 0.1) is 0 Å². The lowest BCUT2D eigenvalue weighted by Gasteiger charge is -2.31. The van der Waals surface area contributed by atoms with Gasteiger partial charge in [0.05, 0.1) is 82.2 Å². The van der Waals surface area contributed by atoms with E-state index in [0.29, 0.717) is 11.4 Å². The molecule has 554 valence electrons. The van der Waals surface area contributed by atoms with Gasteiger partial charge in [-0.1, -0.05) is 0 Å². The van der Waals surface area contributed by atoms with Crippen LogP contribution in [-0.2, 0) is 49.7 Å². The summed E-state index contributed by atoms with van der Waals surface area (Å²) in [5.74, 6) is -10.4. The van der Waals surface area contributed by atoms with E-state index in [1.807, 2.05) is 0 Å². The van der Waals surface area contributed by atoms with Crippen molar-refractivity contribution in [3.8, 4) is 0 Å². The summed E-state index contributed by atoms with van der Waals surface area (Å²) in [6.45, 7) is -5.88. The van der Waals surface area contributed by atoms with Gasteiger partial charge < -0.3 is 135 Å². The molecule has 0 bridgehead atoms. The van der Waals surface area contributed by atoms with E-state index in [1.165, 1.54) is 18.3 Å². The number of carbonyl (C=O) groups excluding carboxylic acids is 9. The number of fused-ring (bicyclic) bond motifs is 1. The molecule has 0 unspecified atom stereocenters. The zero-order chi connectivity index (χ0) is 74.1. The molecule has 15 atom stereocenters. The Morgan fingerprint density at radius 3 is 1.55 bits per heavy atom. The lowest BCUT2D eigenvalue weighted by Crippen LogP contribution is -2.58. The van der Waals surface area contributed by atoms with E-state index in [4.69, 9.17) is 5.73 Å². The maximum Gasteiger partial charge on any atom is 0.303 e. The van der Waals surface area contributed by atoms with Gasteiger partial charge in [-0.05, 0) is 49.9 Å². The molecule has 3 aromatic rings. The zero-order valence-corrected chi connectivity index (χ0v) is 54.1. The van der Waals surface area contributed by atoms with Crippen molar-refractivity contribution >= 4 is 94.6 Å². The van der Waals surface area contributed by atoms with Crippen LogP contribution in [0.2, 0.25) is 0 Å². The number of aromatic amines is 1. The number of benzene rings is 1. The molecule has 0 saturated carbocycles. The number of carbonyl (C=O) groups is 10. The molecule has 0 aliphatic rings. The maximum absolute atomic E-state index is 13.9. The standard InChI is InChI=1S/C57H89N15O26S/c58-57-71-53-48(56(98)72-57)67-30(19-64-53)18-61-27-5-3-26(4-6-27)54(96)60-9-1-2-40(83)69-32(49(92)51(94)38(81)24-75)16-42(85)62-21-46(89)66-29(13-35(78)37(80)23-74)15-44(87)68-31(7-8-47(90)91)55(97)70-33(50(93)52(95)39(82)25-76)17-43(86)63-20-45(88)65-28(12-34(77)36(79)22-73)14-41(84)59-10-11-99/h3-6,19,28-29,31-39,49-52,61,73-82,92-95,99H,1-2,7-18,20-25H2,(H,59,84)(H,60,96)(H,62,85)(H,63,86)(H,65,88)(H,66,89)(H,68,87)(H,69,83)(H,70,97)(H,90,91)(H3,58,64,71,72,98)/t28-,29-,31-,32+,33+,34-,35-,36+,37+,38+,39+,49+,50+,51+,52+/m0/s1. The molecule has 3 rings (SSSR count). The van der Waals surface area contributed by atoms with Crippen LogP contribution in [0.5, 0.6) is 0 Å². The number of thiol groups is 1. The van der Waals surface area contributed by atoms with Gasteiger partial charge in [0.2, 0.25) is 53.2 Å². The van der Waals surface area contributed by atoms with Crippen molar-refractivity contribution in [1.82, 2.24) is 67.8 Å². The van der Waals surface area contributed by atoms with Gasteiger partial charge in [0.25, 0.3) is 11.5 Å². The van der Waals surface area contributed by atoms with E-state index in [9.17, 15) is 129 Å². The van der Waals surface area contributed by atoms with E-state index in [-0.39, 0.29) is 60.9 Å². The average Bonchev–Trinajstić information content (AvgIpc) is 0.819. The molecule has 0 spiro atoms. The van der Waals surface area contributed by atoms with Crippen LogP contribution in [-0.4, -0.2) is 305 Å². The van der Waals surface area contributed by atoms with E-state index in [2.05, 4.69) is 85.7 Å². The highest BCUT2D eigenvalue weighted by atomic mass is 32.1. The predicted octanol–water partition coefficient (Wildman–Crippen LogP) is -12.1. The summed E-state index contributed by atoms with van der Waals surface area (Å²) in [5.41, 5.74) is 6.21.